The van der Waals surface area contributed by atoms with Crippen LogP contribution in [-0.2, 0) is 6.61 Å². The maximum Gasteiger partial charge on any atom is 0.162 e. The van der Waals surface area contributed by atoms with Crippen molar-refractivity contribution in [3.63, 3.8) is 0 Å². The van der Waals surface area contributed by atoms with Gasteiger partial charge in [-0.3, -0.25) is 0 Å². The monoisotopic (exact) mass is 238 g/mol. The number of benzene rings is 2. The molecule has 0 atom stereocenters. The van der Waals surface area contributed by atoms with E-state index in [1.165, 1.54) is 0 Å². The predicted molar refractivity (Wildman–Crippen MR) is 71.5 cm³/mol. The van der Waals surface area contributed by atoms with Crippen molar-refractivity contribution >= 4 is 0 Å². The topological polar surface area (TPSA) is 18.5 Å². The van der Waals surface area contributed by atoms with Crippen molar-refractivity contribution in [3.8, 4) is 23.8 Å². The number of terminal acetylenes is 1. The summed E-state index contributed by atoms with van der Waals surface area (Å²) in [4.78, 5) is 0. The molecule has 0 fully saturated rings. The zero-order chi connectivity index (χ0) is 12.6. The van der Waals surface area contributed by atoms with E-state index in [2.05, 4.69) is 5.92 Å². The van der Waals surface area contributed by atoms with Gasteiger partial charge < -0.3 is 9.47 Å². The summed E-state index contributed by atoms with van der Waals surface area (Å²) < 4.78 is 11.1. The van der Waals surface area contributed by atoms with E-state index in [9.17, 15) is 0 Å². The van der Waals surface area contributed by atoms with E-state index in [1.807, 2.05) is 54.6 Å². The molecule has 90 valence electrons. The molecule has 0 unspecified atom stereocenters. The molecule has 0 spiro atoms. The van der Waals surface area contributed by atoms with Crippen molar-refractivity contribution in [2.24, 2.45) is 0 Å². The molecule has 0 aliphatic rings. The van der Waals surface area contributed by atoms with Crippen LogP contribution in [0.4, 0.5) is 0 Å². The molecular formula is C16H14O2. The molecule has 2 heteroatoms. The molecule has 0 radical (unpaired) electrons. The van der Waals surface area contributed by atoms with Gasteiger partial charge in [-0.2, -0.15) is 0 Å². The molecule has 0 amide bonds. The third-order valence-corrected chi connectivity index (χ3v) is 2.40. The van der Waals surface area contributed by atoms with Crippen LogP contribution in [0.3, 0.4) is 0 Å². The van der Waals surface area contributed by atoms with Crippen molar-refractivity contribution in [3.05, 3.63) is 60.2 Å². The van der Waals surface area contributed by atoms with Crippen molar-refractivity contribution in [2.45, 2.75) is 6.61 Å². The average molecular weight is 238 g/mol. The third kappa shape index (κ3) is 3.29. The Kier molecular flexibility index (Phi) is 4.27. The quantitative estimate of drug-likeness (QED) is 0.744. The van der Waals surface area contributed by atoms with Crippen LogP contribution in [0.5, 0.6) is 11.5 Å². The molecule has 0 N–H and O–H groups in total. The Morgan fingerprint density at radius 3 is 2.11 bits per heavy atom. The van der Waals surface area contributed by atoms with E-state index in [1.54, 1.807) is 0 Å². The molecule has 0 heterocycles. The highest BCUT2D eigenvalue weighted by Crippen LogP contribution is 2.27. The van der Waals surface area contributed by atoms with Gasteiger partial charge in [0.05, 0.1) is 0 Å². The number of hydrogen-bond donors (Lipinski definition) is 0. The van der Waals surface area contributed by atoms with Crippen LogP contribution >= 0.6 is 0 Å². The SMILES string of the molecule is C#CCOc1ccccc1OCc1ccccc1. The summed E-state index contributed by atoms with van der Waals surface area (Å²) in [6, 6.07) is 17.5. The van der Waals surface area contributed by atoms with E-state index >= 15 is 0 Å². The standard InChI is InChI=1S/C16H14O2/c1-2-12-17-15-10-6-7-11-16(15)18-13-14-8-4-3-5-9-14/h1,3-11H,12-13H2. The largest absolute Gasteiger partial charge is 0.485 e. The first-order valence-electron chi connectivity index (χ1n) is 5.72. The Bertz CT molecular complexity index is 526. The molecule has 0 saturated carbocycles. The number of rotatable bonds is 5. The third-order valence-electron chi connectivity index (χ3n) is 2.40. The summed E-state index contributed by atoms with van der Waals surface area (Å²) in [5.41, 5.74) is 1.12. The van der Waals surface area contributed by atoms with E-state index in [-0.39, 0.29) is 6.61 Å². The molecule has 2 aromatic rings. The molecule has 0 aliphatic heterocycles. The van der Waals surface area contributed by atoms with E-state index in [4.69, 9.17) is 15.9 Å². The summed E-state index contributed by atoms with van der Waals surface area (Å²) in [6.07, 6.45) is 5.18. The van der Waals surface area contributed by atoms with Gasteiger partial charge in [-0.1, -0.05) is 48.4 Å². The summed E-state index contributed by atoms with van der Waals surface area (Å²) >= 11 is 0. The molecule has 2 aromatic carbocycles. The van der Waals surface area contributed by atoms with E-state index in [0.29, 0.717) is 18.1 Å². The smallest absolute Gasteiger partial charge is 0.162 e. The normalized spacial score (nSPS) is 9.50. The van der Waals surface area contributed by atoms with E-state index in [0.717, 1.165) is 5.56 Å². The van der Waals surface area contributed by atoms with Gasteiger partial charge in [0.2, 0.25) is 0 Å². The van der Waals surface area contributed by atoms with Crippen LogP contribution in [-0.4, -0.2) is 6.61 Å². The fourth-order valence-electron chi connectivity index (χ4n) is 1.54. The van der Waals surface area contributed by atoms with Crippen molar-refractivity contribution in [1.29, 1.82) is 0 Å². The zero-order valence-electron chi connectivity index (χ0n) is 10.0. The first-order chi connectivity index (χ1) is 8.90. The van der Waals surface area contributed by atoms with Crippen LogP contribution < -0.4 is 9.47 Å². The fourth-order valence-corrected chi connectivity index (χ4v) is 1.54. The average Bonchev–Trinajstić information content (AvgIpc) is 2.45. The Labute approximate surface area is 107 Å². The molecule has 0 aromatic heterocycles. The highest BCUT2D eigenvalue weighted by Gasteiger charge is 2.03. The van der Waals surface area contributed by atoms with Crippen LogP contribution in [0.2, 0.25) is 0 Å². The zero-order valence-corrected chi connectivity index (χ0v) is 10.0. The fraction of sp³-hybridized carbons (Fsp3) is 0.125. The maximum atomic E-state index is 5.73. The van der Waals surface area contributed by atoms with Gasteiger partial charge in [0.15, 0.2) is 11.5 Å². The molecule has 0 saturated heterocycles. The summed E-state index contributed by atoms with van der Waals surface area (Å²) in [5.74, 6) is 3.82. The van der Waals surface area contributed by atoms with Gasteiger partial charge >= 0.3 is 0 Å². The van der Waals surface area contributed by atoms with Crippen molar-refractivity contribution in [2.75, 3.05) is 6.61 Å². The molecular weight excluding hydrogens is 224 g/mol. The summed E-state index contributed by atoms with van der Waals surface area (Å²) in [5, 5.41) is 0. The maximum absolute atomic E-state index is 5.73. The van der Waals surface area contributed by atoms with Crippen LogP contribution in [0.15, 0.2) is 54.6 Å². The molecule has 18 heavy (non-hydrogen) atoms. The first-order valence-corrected chi connectivity index (χ1v) is 5.72. The second-order valence-electron chi connectivity index (χ2n) is 3.71. The predicted octanol–water partition coefficient (Wildman–Crippen LogP) is 3.28. The molecule has 0 aliphatic carbocycles. The lowest BCUT2D eigenvalue weighted by Gasteiger charge is -2.11. The highest BCUT2D eigenvalue weighted by atomic mass is 16.5. The van der Waals surface area contributed by atoms with Crippen molar-refractivity contribution < 1.29 is 9.47 Å². The Balaban J connectivity index is 2.03. The van der Waals surface area contributed by atoms with E-state index < -0.39 is 0 Å². The van der Waals surface area contributed by atoms with Crippen molar-refractivity contribution in [1.82, 2.24) is 0 Å². The van der Waals surface area contributed by atoms with Gasteiger partial charge in [-0.15, -0.1) is 6.42 Å². The van der Waals surface area contributed by atoms with Crippen LogP contribution in [0, 0.1) is 12.3 Å². The van der Waals surface area contributed by atoms with Gasteiger partial charge in [0.1, 0.15) is 13.2 Å². The lowest BCUT2D eigenvalue weighted by molar-refractivity contribution is 0.277. The number of hydrogen-bond acceptors (Lipinski definition) is 2. The van der Waals surface area contributed by atoms with Gasteiger partial charge in [-0.05, 0) is 17.7 Å². The second kappa shape index (κ2) is 6.36. The number of ether oxygens (including phenoxy) is 2. The minimum atomic E-state index is 0.242. The van der Waals surface area contributed by atoms with Crippen LogP contribution in [0.1, 0.15) is 5.56 Å². The van der Waals surface area contributed by atoms with Gasteiger partial charge in [0.25, 0.3) is 0 Å². The Morgan fingerprint density at radius 2 is 1.44 bits per heavy atom. The minimum absolute atomic E-state index is 0.242. The minimum Gasteiger partial charge on any atom is -0.485 e. The highest BCUT2D eigenvalue weighted by molar-refractivity contribution is 5.39. The van der Waals surface area contributed by atoms with Crippen LogP contribution in [0.25, 0.3) is 0 Å². The molecule has 2 nitrogen and oxygen atoms in total. The van der Waals surface area contributed by atoms with Gasteiger partial charge in [0, 0.05) is 0 Å². The summed E-state index contributed by atoms with van der Waals surface area (Å²) in [6.45, 7) is 0.753. The van der Waals surface area contributed by atoms with Gasteiger partial charge in [-0.25, -0.2) is 0 Å². The second-order valence-corrected chi connectivity index (χ2v) is 3.71. The first kappa shape index (κ1) is 12.1. The number of para-hydroxylation sites is 2. The Morgan fingerprint density at radius 1 is 0.833 bits per heavy atom. The molecule has 0 bridgehead atoms. The summed E-state index contributed by atoms with van der Waals surface area (Å²) in [7, 11) is 0. The lowest BCUT2D eigenvalue weighted by Crippen LogP contribution is -1.99. The Hall–Kier alpha value is -2.40. The molecule has 2 rings (SSSR count). The lowest BCUT2D eigenvalue weighted by atomic mass is 10.2.